The third-order valence-corrected chi connectivity index (χ3v) is 4.80. The number of rotatable bonds is 1. The van der Waals surface area contributed by atoms with Gasteiger partial charge in [-0.25, -0.2) is 9.97 Å². The van der Waals surface area contributed by atoms with Crippen molar-refractivity contribution in [3.8, 4) is 23.1 Å². The van der Waals surface area contributed by atoms with E-state index >= 15 is 0 Å². The molecule has 0 aliphatic carbocycles. The van der Waals surface area contributed by atoms with E-state index in [1.807, 2.05) is 67.7 Å². The van der Waals surface area contributed by atoms with Crippen LogP contribution in [0.25, 0.3) is 27.8 Å². The van der Waals surface area contributed by atoms with Gasteiger partial charge in [-0.2, -0.15) is 0 Å². The van der Waals surface area contributed by atoms with Crippen LogP contribution in [0.15, 0.2) is 73.1 Å². The molecule has 5 rings (SSSR count). The van der Waals surface area contributed by atoms with E-state index in [-0.39, 0.29) is 0 Å². The summed E-state index contributed by atoms with van der Waals surface area (Å²) in [5, 5.41) is 1.05. The number of imidazole rings is 1. The maximum absolute atomic E-state index is 5.97. The van der Waals surface area contributed by atoms with Gasteiger partial charge in [0.2, 0.25) is 0 Å². The molecular formula is C24H17N5. The number of fused-ring (bicyclic) bond motifs is 2. The molecule has 5 aromatic rings. The van der Waals surface area contributed by atoms with Crippen molar-refractivity contribution in [3.05, 3.63) is 90.0 Å². The largest absolute Gasteiger partial charge is 0.384 e. The fourth-order valence-electron chi connectivity index (χ4n) is 3.48. The lowest BCUT2D eigenvalue weighted by molar-refractivity contribution is 1.17. The molecule has 29 heavy (non-hydrogen) atoms. The van der Waals surface area contributed by atoms with Crippen molar-refractivity contribution >= 4 is 22.4 Å². The molecule has 2 N–H and O–H groups in total. The summed E-state index contributed by atoms with van der Waals surface area (Å²) < 4.78 is 2.05. The van der Waals surface area contributed by atoms with Crippen LogP contribution in [0.1, 0.15) is 17.0 Å². The van der Waals surface area contributed by atoms with E-state index in [0.29, 0.717) is 11.5 Å². The number of benzene rings is 1. The van der Waals surface area contributed by atoms with Crippen molar-refractivity contribution in [3.63, 3.8) is 0 Å². The Bertz CT molecular complexity index is 1440. The van der Waals surface area contributed by atoms with Gasteiger partial charge in [-0.05, 0) is 61.4 Å². The summed E-state index contributed by atoms with van der Waals surface area (Å²) in [6.45, 7) is 1.99. The summed E-state index contributed by atoms with van der Waals surface area (Å²) in [6, 6.07) is 19.6. The molecule has 4 heterocycles. The third kappa shape index (κ3) is 3.07. The fourth-order valence-corrected chi connectivity index (χ4v) is 3.48. The van der Waals surface area contributed by atoms with E-state index < -0.39 is 0 Å². The van der Waals surface area contributed by atoms with Crippen molar-refractivity contribution in [2.75, 3.05) is 5.73 Å². The van der Waals surface area contributed by atoms with E-state index in [9.17, 15) is 0 Å². The number of hydrogen-bond donors (Lipinski definition) is 1. The van der Waals surface area contributed by atoms with Gasteiger partial charge in [0.15, 0.2) is 0 Å². The molecule has 0 bridgehead atoms. The highest BCUT2D eigenvalue weighted by Crippen LogP contribution is 2.27. The van der Waals surface area contributed by atoms with Crippen LogP contribution in [0.5, 0.6) is 0 Å². The monoisotopic (exact) mass is 375 g/mol. The predicted molar refractivity (Wildman–Crippen MR) is 115 cm³/mol. The Balaban J connectivity index is 1.66. The van der Waals surface area contributed by atoms with Gasteiger partial charge in [0.25, 0.3) is 0 Å². The number of aromatic nitrogens is 4. The zero-order valence-corrected chi connectivity index (χ0v) is 15.8. The molecule has 0 amide bonds. The second kappa shape index (κ2) is 6.77. The van der Waals surface area contributed by atoms with Gasteiger partial charge in [0.05, 0.1) is 16.9 Å². The summed E-state index contributed by atoms with van der Waals surface area (Å²) >= 11 is 0. The maximum Gasteiger partial charge on any atom is 0.137 e. The standard InChI is InChI=1S/C24H17N5/c1-16-24(29-14-3-2-6-23(29)27-16)19-9-12-22(25)28-21(19)11-8-17-7-10-20-18(15-17)5-4-13-26-20/h2-7,9-10,12-15H,1H3,(H2,25,28). The maximum atomic E-state index is 5.97. The van der Waals surface area contributed by atoms with Crippen LogP contribution in [-0.4, -0.2) is 19.4 Å². The first-order chi connectivity index (χ1) is 14.2. The molecule has 0 fully saturated rings. The zero-order valence-electron chi connectivity index (χ0n) is 15.8. The highest BCUT2D eigenvalue weighted by molar-refractivity contribution is 5.80. The molecule has 5 nitrogen and oxygen atoms in total. The molecule has 0 saturated carbocycles. The highest BCUT2D eigenvalue weighted by Gasteiger charge is 2.14. The molecule has 0 unspecified atom stereocenters. The van der Waals surface area contributed by atoms with E-state index in [1.54, 1.807) is 12.3 Å². The lowest BCUT2D eigenvalue weighted by Crippen LogP contribution is -1.98. The summed E-state index contributed by atoms with van der Waals surface area (Å²) in [4.78, 5) is 13.5. The fraction of sp³-hybridized carbons (Fsp3) is 0.0417. The number of nitrogen functional groups attached to an aromatic ring is 1. The molecule has 4 aromatic heterocycles. The van der Waals surface area contributed by atoms with Crippen LogP contribution in [0, 0.1) is 18.8 Å². The second-order valence-electron chi connectivity index (χ2n) is 6.77. The summed E-state index contributed by atoms with van der Waals surface area (Å²) in [5.41, 5.74) is 12.1. The molecule has 1 aromatic carbocycles. The van der Waals surface area contributed by atoms with E-state index in [4.69, 9.17) is 5.73 Å². The number of anilines is 1. The highest BCUT2D eigenvalue weighted by atomic mass is 15.0. The molecule has 0 saturated heterocycles. The van der Waals surface area contributed by atoms with E-state index in [2.05, 4.69) is 31.2 Å². The third-order valence-electron chi connectivity index (χ3n) is 4.80. The van der Waals surface area contributed by atoms with E-state index in [1.165, 1.54) is 0 Å². The number of aryl methyl sites for hydroxylation is 1. The van der Waals surface area contributed by atoms with Crippen molar-refractivity contribution in [1.82, 2.24) is 19.4 Å². The molecule has 5 heteroatoms. The lowest BCUT2D eigenvalue weighted by Gasteiger charge is -2.06. The van der Waals surface area contributed by atoms with Crippen LogP contribution < -0.4 is 5.73 Å². The van der Waals surface area contributed by atoms with Crippen molar-refractivity contribution < 1.29 is 0 Å². The normalized spacial score (nSPS) is 10.8. The molecule has 0 aliphatic rings. The SMILES string of the molecule is Cc1nc2ccccn2c1-c1ccc(N)nc1C#Cc1ccc2ncccc2c1. The number of pyridine rings is 3. The molecule has 138 valence electrons. The number of nitrogens with zero attached hydrogens (tertiary/aromatic N) is 4. The van der Waals surface area contributed by atoms with Gasteiger partial charge in [-0.3, -0.25) is 9.38 Å². The Morgan fingerprint density at radius 2 is 1.86 bits per heavy atom. The minimum atomic E-state index is 0.437. The van der Waals surface area contributed by atoms with Gasteiger partial charge in [-0.15, -0.1) is 0 Å². The van der Waals surface area contributed by atoms with Gasteiger partial charge in [0.1, 0.15) is 17.2 Å². The first-order valence-electron chi connectivity index (χ1n) is 9.26. The van der Waals surface area contributed by atoms with Crippen LogP contribution in [0.4, 0.5) is 5.82 Å². The average molecular weight is 375 g/mol. The predicted octanol–water partition coefficient (Wildman–Crippen LogP) is 4.23. The number of nitrogens with two attached hydrogens (primary N) is 1. The first-order valence-corrected chi connectivity index (χ1v) is 9.26. The smallest absolute Gasteiger partial charge is 0.137 e. The van der Waals surface area contributed by atoms with E-state index in [0.717, 1.165) is 39.1 Å². The van der Waals surface area contributed by atoms with Crippen LogP contribution >= 0.6 is 0 Å². The minimum Gasteiger partial charge on any atom is -0.384 e. The van der Waals surface area contributed by atoms with Crippen molar-refractivity contribution in [2.24, 2.45) is 0 Å². The summed E-state index contributed by atoms with van der Waals surface area (Å²) in [5.74, 6) is 6.87. The Hall–Kier alpha value is -4.17. The zero-order chi connectivity index (χ0) is 19.8. The van der Waals surface area contributed by atoms with Gasteiger partial charge in [0, 0.05) is 28.9 Å². The topological polar surface area (TPSA) is 69.1 Å². The minimum absolute atomic E-state index is 0.437. The Kier molecular flexibility index (Phi) is 3.96. The summed E-state index contributed by atoms with van der Waals surface area (Å²) in [6.07, 6.45) is 3.78. The quantitative estimate of drug-likeness (QED) is 0.445. The molecular weight excluding hydrogens is 358 g/mol. The summed E-state index contributed by atoms with van der Waals surface area (Å²) in [7, 11) is 0. The second-order valence-corrected chi connectivity index (χ2v) is 6.77. The van der Waals surface area contributed by atoms with Crippen LogP contribution in [-0.2, 0) is 0 Å². The van der Waals surface area contributed by atoms with Gasteiger partial charge in [-0.1, -0.05) is 18.1 Å². The molecule has 0 spiro atoms. The first kappa shape index (κ1) is 17.0. The molecule has 0 aliphatic heterocycles. The van der Waals surface area contributed by atoms with Gasteiger partial charge < -0.3 is 5.73 Å². The Morgan fingerprint density at radius 1 is 0.931 bits per heavy atom. The number of hydrogen-bond acceptors (Lipinski definition) is 4. The van der Waals surface area contributed by atoms with Crippen LogP contribution in [0.2, 0.25) is 0 Å². The van der Waals surface area contributed by atoms with Crippen molar-refractivity contribution in [2.45, 2.75) is 6.92 Å². The lowest BCUT2D eigenvalue weighted by atomic mass is 10.1. The molecule has 0 radical (unpaired) electrons. The van der Waals surface area contributed by atoms with Crippen molar-refractivity contribution in [1.29, 1.82) is 0 Å². The Morgan fingerprint density at radius 3 is 2.79 bits per heavy atom. The average Bonchev–Trinajstić information content (AvgIpc) is 3.08. The Labute approximate surface area is 167 Å². The molecule has 0 atom stereocenters. The van der Waals surface area contributed by atoms with Gasteiger partial charge >= 0.3 is 0 Å². The van der Waals surface area contributed by atoms with Crippen LogP contribution in [0.3, 0.4) is 0 Å².